The van der Waals surface area contributed by atoms with Crippen LogP contribution >= 0.6 is 0 Å². The number of likely N-dealkylation sites (tertiary alicyclic amines) is 1. The SMILES string of the molecule is CS(=O)(=O)CCC(C(=O)O)N1C(=O)CCCCC1=O. The van der Waals surface area contributed by atoms with Crippen LogP contribution in [0, 0.1) is 0 Å². The predicted molar refractivity (Wildman–Crippen MR) is 66.1 cm³/mol. The molecular formula is C11H17NO6S. The van der Waals surface area contributed by atoms with Gasteiger partial charge in [0.15, 0.2) is 0 Å². The Hall–Kier alpha value is -1.44. The Labute approximate surface area is 111 Å². The van der Waals surface area contributed by atoms with Crippen molar-refractivity contribution < 1.29 is 27.9 Å². The molecule has 0 spiro atoms. The van der Waals surface area contributed by atoms with Gasteiger partial charge in [0.25, 0.3) is 0 Å². The van der Waals surface area contributed by atoms with Gasteiger partial charge in [-0.05, 0) is 19.3 Å². The molecule has 1 unspecified atom stereocenters. The van der Waals surface area contributed by atoms with Crippen LogP contribution in [-0.4, -0.2) is 54.3 Å². The fraction of sp³-hybridized carbons (Fsp3) is 0.727. The van der Waals surface area contributed by atoms with Crippen molar-refractivity contribution in [3.8, 4) is 0 Å². The first-order chi connectivity index (χ1) is 8.72. The van der Waals surface area contributed by atoms with Crippen molar-refractivity contribution >= 4 is 27.6 Å². The summed E-state index contributed by atoms with van der Waals surface area (Å²) in [5, 5.41) is 9.11. The van der Waals surface area contributed by atoms with E-state index in [1.807, 2.05) is 0 Å². The van der Waals surface area contributed by atoms with Crippen LogP contribution in [0.5, 0.6) is 0 Å². The van der Waals surface area contributed by atoms with Gasteiger partial charge in [0, 0.05) is 19.1 Å². The molecule has 19 heavy (non-hydrogen) atoms. The smallest absolute Gasteiger partial charge is 0.326 e. The number of sulfone groups is 1. The fourth-order valence-electron chi connectivity index (χ4n) is 1.97. The first kappa shape index (κ1) is 15.6. The lowest BCUT2D eigenvalue weighted by Gasteiger charge is -2.25. The van der Waals surface area contributed by atoms with E-state index in [4.69, 9.17) is 5.11 Å². The van der Waals surface area contributed by atoms with Crippen LogP contribution < -0.4 is 0 Å². The molecule has 1 saturated heterocycles. The number of imide groups is 1. The van der Waals surface area contributed by atoms with Crippen molar-refractivity contribution in [1.82, 2.24) is 4.90 Å². The number of hydrogen-bond donors (Lipinski definition) is 1. The molecule has 0 radical (unpaired) electrons. The second-order valence-electron chi connectivity index (χ2n) is 4.64. The molecule has 1 aliphatic rings. The van der Waals surface area contributed by atoms with Gasteiger partial charge >= 0.3 is 5.97 Å². The third-order valence-electron chi connectivity index (χ3n) is 2.93. The van der Waals surface area contributed by atoms with E-state index >= 15 is 0 Å². The van der Waals surface area contributed by atoms with E-state index in [2.05, 4.69) is 0 Å². The molecule has 1 heterocycles. The molecule has 1 atom stereocenters. The lowest BCUT2D eigenvalue weighted by atomic mass is 10.1. The molecule has 2 amide bonds. The highest BCUT2D eigenvalue weighted by molar-refractivity contribution is 7.90. The van der Waals surface area contributed by atoms with Gasteiger partial charge in [-0.3, -0.25) is 14.5 Å². The van der Waals surface area contributed by atoms with Crippen LogP contribution in [0.3, 0.4) is 0 Å². The van der Waals surface area contributed by atoms with Crippen molar-refractivity contribution in [3.05, 3.63) is 0 Å². The summed E-state index contributed by atoms with van der Waals surface area (Å²) in [4.78, 5) is 35.5. The molecule has 0 aromatic heterocycles. The van der Waals surface area contributed by atoms with Crippen molar-refractivity contribution in [3.63, 3.8) is 0 Å². The van der Waals surface area contributed by atoms with E-state index in [1.165, 1.54) is 0 Å². The summed E-state index contributed by atoms with van der Waals surface area (Å²) in [6.07, 6.45) is 2.03. The molecule has 7 nitrogen and oxygen atoms in total. The van der Waals surface area contributed by atoms with E-state index in [0.717, 1.165) is 11.2 Å². The highest BCUT2D eigenvalue weighted by atomic mass is 32.2. The zero-order valence-electron chi connectivity index (χ0n) is 10.7. The molecule has 8 heteroatoms. The van der Waals surface area contributed by atoms with Gasteiger partial charge in [-0.1, -0.05) is 0 Å². The molecule has 0 aromatic rings. The normalized spacial score (nSPS) is 19.1. The Kier molecular flexibility index (Phi) is 5.04. The number of carboxylic acid groups (broad SMARTS) is 1. The zero-order valence-corrected chi connectivity index (χ0v) is 11.5. The highest BCUT2D eigenvalue weighted by Crippen LogP contribution is 2.18. The lowest BCUT2D eigenvalue weighted by molar-refractivity contribution is -0.157. The Morgan fingerprint density at radius 3 is 2.11 bits per heavy atom. The molecular weight excluding hydrogens is 274 g/mol. The van der Waals surface area contributed by atoms with Gasteiger partial charge in [-0.2, -0.15) is 0 Å². The second kappa shape index (κ2) is 6.14. The van der Waals surface area contributed by atoms with Gasteiger partial charge < -0.3 is 5.11 Å². The number of amides is 2. The van der Waals surface area contributed by atoms with Crippen molar-refractivity contribution in [2.24, 2.45) is 0 Å². The van der Waals surface area contributed by atoms with Crippen LogP contribution in [-0.2, 0) is 24.2 Å². The zero-order chi connectivity index (χ0) is 14.6. The van der Waals surface area contributed by atoms with Gasteiger partial charge in [0.05, 0.1) is 5.75 Å². The highest BCUT2D eigenvalue weighted by Gasteiger charge is 2.35. The molecule has 0 aliphatic carbocycles. The Bertz CT molecular complexity index is 465. The molecule has 1 N–H and O–H groups in total. The lowest BCUT2D eigenvalue weighted by Crippen LogP contribution is -2.48. The molecule has 0 bridgehead atoms. The number of hydrogen-bond acceptors (Lipinski definition) is 5. The number of carbonyl (C=O) groups excluding carboxylic acids is 2. The van der Waals surface area contributed by atoms with Gasteiger partial charge in [0.2, 0.25) is 11.8 Å². The van der Waals surface area contributed by atoms with E-state index in [9.17, 15) is 22.8 Å². The van der Waals surface area contributed by atoms with E-state index in [-0.39, 0.29) is 25.0 Å². The summed E-state index contributed by atoms with van der Waals surface area (Å²) < 4.78 is 22.2. The van der Waals surface area contributed by atoms with Crippen LogP contribution in [0.2, 0.25) is 0 Å². The van der Waals surface area contributed by atoms with Gasteiger partial charge in [-0.15, -0.1) is 0 Å². The first-order valence-corrected chi connectivity index (χ1v) is 8.04. The summed E-state index contributed by atoms with van der Waals surface area (Å²) in [5.74, 6) is -2.81. The topological polar surface area (TPSA) is 109 Å². The standard InChI is InChI=1S/C11H17NO6S/c1-19(17,18)7-6-8(11(15)16)12-9(13)4-2-3-5-10(12)14/h8H,2-7H2,1H3,(H,15,16). The minimum atomic E-state index is -3.35. The Morgan fingerprint density at radius 1 is 1.26 bits per heavy atom. The number of nitrogens with zero attached hydrogens (tertiary/aromatic N) is 1. The summed E-state index contributed by atoms with van der Waals surface area (Å²) in [6, 6.07) is -1.40. The number of aliphatic carboxylic acids is 1. The van der Waals surface area contributed by atoms with Crippen LogP contribution in [0.4, 0.5) is 0 Å². The molecule has 1 aliphatic heterocycles. The maximum atomic E-state index is 11.8. The molecule has 0 saturated carbocycles. The molecule has 1 rings (SSSR count). The largest absolute Gasteiger partial charge is 0.480 e. The Morgan fingerprint density at radius 2 is 1.74 bits per heavy atom. The van der Waals surface area contributed by atoms with Crippen molar-refractivity contribution in [1.29, 1.82) is 0 Å². The van der Waals surface area contributed by atoms with Gasteiger partial charge in [-0.25, -0.2) is 13.2 Å². The number of rotatable bonds is 5. The Balaban J connectivity index is 2.92. The van der Waals surface area contributed by atoms with E-state index < -0.39 is 33.7 Å². The molecule has 0 aromatic carbocycles. The summed E-state index contributed by atoms with van der Waals surface area (Å²) >= 11 is 0. The quantitative estimate of drug-likeness (QED) is 0.703. The minimum Gasteiger partial charge on any atom is -0.480 e. The maximum Gasteiger partial charge on any atom is 0.326 e. The van der Waals surface area contributed by atoms with Gasteiger partial charge in [0.1, 0.15) is 15.9 Å². The van der Waals surface area contributed by atoms with Crippen molar-refractivity contribution in [2.75, 3.05) is 12.0 Å². The van der Waals surface area contributed by atoms with E-state index in [1.54, 1.807) is 0 Å². The summed E-state index contributed by atoms with van der Waals surface area (Å²) in [6.45, 7) is 0. The number of carboxylic acids is 1. The van der Waals surface area contributed by atoms with Crippen molar-refractivity contribution in [2.45, 2.75) is 38.1 Å². The monoisotopic (exact) mass is 291 g/mol. The third kappa shape index (κ3) is 4.62. The van der Waals surface area contributed by atoms with Crippen LogP contribution in [0.25, 0.3) is 0 Å². The van der Waals surface area contributed by atoms with Crippen LogP contribution in [0.1, 0.15) is 32.1 Å². The predicted octanol–water partition coefficient (Wildman–Crippen LogP) is -0.197. The molecule has 108 valence electrons. The average molecular weight is 291 g/mol. The maximum absolute atomic E-state index is 11.8. The first-order valence-electron chi connectivity index (χ1n) is 5.98. The second-order valence-corrected chi connectivity index (χ2v) is 6.90. The average Bonchev–Trinajstić information content (AvgIpc) is 2.41. The third-order valence-corrected chi connectivity index (χ3v) is 3.90. The summed E-state index contributed by atoms with van der Waals surface area (Å²) in [5.41, 5.74) is 0. The molecule has 1 fully saturated rings. The van der Waals surface area contributed by atoms with Crippen LogP contribution in [0.15, 0.2) is 0 Å². The fourth-order valence-corrected chi connectivity index (χ4v) is 2.62. The summed E-state index contributed by atoms with van der Waals surface area (Å²) in [7, 11) is -3.35. The minimum absolute atomic E-state index is 0.119. The van der Waals surface area contributed by atoms with E-state index in [0.29, 0.717) is 12.8 Å². The number of carbonyl (C=O) groups is 3.